The average molecular weight is 325 g/mol. The summed E-state index contributed by atoms with van der Waals surface area (Å²) in [6.45, 7) is 4.29. The first-order valence-electron chi connectivity index (χ1n) is 9.37. The highest BCUT2D eigenvalue weighted by Gasteiger charge is 2.19. The third-order valence-corrected chi connectivity index (χ3v) is 5.61. The molecule has 1 heterocycles. The van der Waals surface area contributed by atoms with Gasteiger partial charge in [0, 0.05) is 11.8 Å². The van der Waals surface area contributed by atoms with Gasteiger partial charge in [0.05, 0.1) is 5.69 Å². The van der Waals surface area contributed by atoms with E-state index in [-0.39, 0.29) is 5.82 Å². The summed E-state index contributed by atoms with van der Waals surface area (Å²) in [4.78, 5) is 4.33. The minimum absolute atomic E-state index is 0.154. The third kappa shape index (κ3) is 4.23. The van der Waals surface area contributed by atoms with E-state index < -0.39 is 0 Å². The second-order valence-corrected chi connectivity index (χ2v) is 7.37. The van der Waals surface area contributed by atoms with Crippen LogP contribution < -0.4 is 0 Å². The SMILES string of the molecule is CCC1CCC(CCc2ccc(-c3ccc(C)cn3)c(F)c2)CC1. The zero-order chi connectivity index (χ0) is 16.9. The van der Waals surface area contributed by atoms with Crippen LogP contribution in [-0.2, 0) is 6.42 Å². The van der Waals surface area contributed by atoms with Crippen molar-refractivity contribution in [2.75, 3.05) is 0 Å². The molecular weight excluding hydrogens is 297 g/mol. The van der Waals surface area contributed by atoms with Crippen molar-refractivity contribution >= 4 is 0 Å². The van der Waals surface area contributed by atoms with Crippen molar-refractivity contribution in [2.45, 2.75) is 58.8 Å². The Kier molecular flexibility index (Phi) is 5.65. The Hall–Kier alpha value is -1.70. The molecule has 2 heteroatoms. The average Bonchev–Trinajstić information content (AvgIpc) is 2.61. The number of pyridine rings is 1. The highest BCUT2D eigenvalue weighted by atomic mass is 19.1. The maximum absolute atomic E-state index is 14.5. The maximum atomic E-state index is 14.5. The fraction of sp³-hybridized carbons (Fsp3) is 0.500. The van der Waals surface area contributed by atoms with Gasteiger partial charge in [0.15, 0.2) is 0 Å². The summed E-state index contributed by atoms with van der Waals surface area (Å²) in [7, 11) is 0. The predicted molar refractivity (Wildman–Crippen MR) is 98.4 cm³/mol. The van der Waals surface area contributed by atoms with Gasteiger partial charge in [0.25, 0.3) is 0 Å². The van der Waals surface area contributed by atoms with Gasteiger partial charge >= 0.3 is 0 Å². The van der Waals surface area contributed by atoms with Gasteiger partial charge < -0.3 is 0 Å². The van der Waals surface area contributed by atoms with Gasteiger partial charge in [-0.3, -0.25) is 4.98 Å². The number of benzene rings is 1. The van der Waals surface area contributed by atoms with Gasteiger partial charge in [-0.15, -0.1) is 0 Å². The molecule has 0 saturated heterocycles. The summed E-state index contributed by atoms with van der Waals surface area (Å²) in [5.74, 6) is 1.62. The zero-order valence-electron chi connectivity index (χ0n) is 14.9. The molecule has 0 radical (unpaired) electrons. The van der Waals surface area contributed by atoms with Crippen LogP contribution in [0, 0.1) is 24.6 Å². The van der Waals surface area contributed by atoms with Crippen molar-refractivity contribution in [2.24, 2.45) is 11.8 Å². The molecule has 0 aliphatic heterocycles. The quantitative estimate of drug-likeness (QED) is 0.624. The second-order valence-electron chi connectivity index (χ2n) is 7.37. The zero-order valence-corrected chi connectivity index (χ0v) is 14.9. The van der Waals surface area contributed by atoms with Crippen LogP contribution in [0.2, 0.25) is 0 Å². The van der Waals surface area contributed by atoms with E-state index in [1.807, 2.05) is 25.1 Å². The number of aromatic nitrogens is 1. The van der Waals surface area contributed by atoms with Gasteiger partial charge in [-0.1, -0.05) is 51.2 Å². The summed E-state index contributed by atoms with van der Waals surface area (Å²) in [5, 5.41) is 0. The monoisotopic (exact) mass is 325 g/mol. The maximum Gasteiger partial charge on any atom is 0.132 e. The Morgan fingerprint density at radius 1 is 1.04 bits per heavy atom. The van der Waals surface area contributed by atoms with Crippen LogP contribution in [0.25, 0.3) is 11.3 Å². The lowest BCUT2D eigenvalue weighted by Gasteiger charge is -2.27. The molecule has 1 fully saturated rings. The van der Waals surface area contributed by atoms with Crippen molar-refractivity contribution in [3.05, 3.63) is 53.5 Å². The van der Waals surface area contributed by atoms with Crippen LogP contribution in [-0.4, -0.2) is 4.98 Å². The summed E-state index contributed by atoms with van der Waals surface area (Å²) in [6, 6.07) is 9.52. The first kappa shape index (κ1) is 17.1. The van der Waals surface area contributed by atoms with Crippen molar-refractivity contribution in [3.63, 3.8) is 0 Å². The van der Waals surface area contributed by atoms with E-state index in [4.69, 9.17) is 0 Å². The van der Waals surface area contributed by atoms with Gasteiger partial charge in [-0.05, 0) is 60.9 Å². The Labute approximate surface area is 145 Å². The Morgan fingerprint density at radius 3 is 2.42 bits per heavy atom. The van der Waals surface area contributed by atoms with Crippen LogP contribution in [0.5, 0.6) is 0 Å². The van der Waals surface area contributed by atoms with E-state index >= 15 is 0 Å². The van der Waals surface area contributed by atoms with E-state index in [2.05, 4.69) is 18.0 Å². The number of rotatable bonds is 5. The lowest BCUT2D eigenvalue weighted by molar-refractivity contribution is 0.259. The first-order chi connectivity index (χ1) is 11.7. The van der Waals surface area contributed by atoms with E-state index in [0.717, 1.165) is 29.4 Å². The first-order valence-corrected chi connectivity index (χ1v) is 9.37. The van der Waals surface area contributed by atoms with Crippen LogP contribution >= 0.6 is 0 Å². The molecule has 0 atom stereocenters. The topological polar surface area (TPSA) is 12.9 Å². The molecule has 0 bridgehead atoms. The molecule has 0 unspecified atom stereocenters. The van der Waals surface area contributed by atoms with Crippen LogP contribution in [0.1, 0.15) is 56.6 Å². The van der Waals surface area contributed by atoms with Gasteiger partial charge in [-0.25, -0.2) is 4.39 Å². The van der Waals surface area contributed by atoms with Crippen molar-refractivity contribution < 1.29 is 4.39 Å². The fourth-order valence-corrected chi connectivity index (χ4v) is 3.85. The summed E-state index contributed by atoms with van der Waals surface area (Å²) >= 11 is 0. The molecule has 0 N–H and O–H groups in total. The molecule has 3 rings (SSSR count). The molecule has 0 amide bonds. The fourth-order valence-electron chi connectivity index (χ4n) is 3.85. The molecule has 0 spiro atoms. The lowest BCUT2D eigenvalue weighted by Crippen LogP contribution is -2.14. The number of nitrogens with zero attached hydrogens (tertiary/aromatic N) is 1. The molecule has 1 nitrogen and oxygen atoms in total. The summed E-state index contributed by atoms with van der Waals surface area (Å²) < 4.78 is 14.5. The number of halogens is 1. The van der Waals surface area contributed by atoms with E-state index in [1.165, 1.54) is 38.5 Å². The van der Waals surface area contributed by atoms with Crippen LogP contribution in [0.15, 0.2) is 36.5 Å². The Bertz CT molecular complexity index is 654. The molecule has 128 valence electrons. The number of aryl methyl sites for hydroxylation is 2. The predicted octanol–water partition coefficient (Wildman–Crippen LogP) is 6.35. The summed E-state index contributed by atoms with van der Waals surface area (Å²) in [5.41, 5.74) is 3.51. The molecule has 1 aromatic heterocycles. The highest BCUT2D eigenvalue weighted by Crippen LogP contribution is 2.33. The number of hydrogen-bond acceptors (Lipinski definition) is 1. The van der Waals surface area contributed by atoms with Crippen molar-refractivity contribution in [1.82, 2.24) is 4.98 Å². The van der Waals surface area contributed by atoms with Crippen molar-refractivity contribution in [3.8, 4) is 11.3 Å². The Morgan fingerprint density at radius 2 is 1.79 bits per heavy atom. The smallest absolute Gasteiger partial charge is 0.132 e. The highest BCUT2D eigenvalue weighted by molar-refractivity contribution is 5.60. The third-order valence-electron chi connectivity index (χ3n) is 5.61. The van der Waals surface area contributed by atoms with Gasteiger partial charge in [-0.2, -0.15) is 0 Å². The molecule has 1 aliphatic rings. The lowest BCUT2D eigenvalue weighted by atomic mass is 9.78. The minimum Gasteiger partial charge on any atom is -0.256 e. The largest absolute Gasteiger partial charge is 0.256 e. The van der Waals surface area contributed by atoms with Crippen LogP contribution in [0.3, 0.4) is 0 Å². The molecule has 24 heavy (non-hydrogen) atoms. The van der Waals surface area contributed by atoms with Crippen LogP contribution in [0.4, 0.5) is 4.39 Å². The Balaban J connectivity index is 1.60. The standard InChI is InChI=1S/C22H28FN/c1-3-17-5-7-18(8-6-17)9-10-19-11-12-20(21(23)14-19)22-13-4-16(2)15-24-22/h4,11-15,17-18H,3,5-10H2,1-2H3. The van der Waals surface area contributed by atoms with E-state index in [9.17, 15) is 4.39 Å². The second kappa shape index (κ2) is 7.92. The molecule has 1 aromatic carbocycles. The van der Waals surface area contributed by atoms with E-state index in [0.29, 0.717) is 11.3 Å². The van der Waals surface area contributed by atoms with Gasteiger partial charge in [0.2, 0.25) is 0 Å². The molecule has 1 aliphatic carbocycles. The normalized spacial score (nSPS) is 21.0. The number of hydrogen-bond donors (Lipinski definition) is 0. The van der Waals surface area contributed by atoms with Gasteiger partial charge in [0.1, 0.15) is 5.82 Å². The molecule has 2 aromatic rings. The van der Waals surface area contributed by atoms with E-state index in [1.54, 1.807) is 12.3 Å². The molecule has 1 saturated carbocycles. The molecular formula is C22H28FN. The van der Waals surface area contributed by atoms with Crippen molar-refractivity contribution in [1.29, 1.82) is 0 Å². The minimum atomic E-state index is -0.154. The summed E-state index contributed by atoms with van der Waals surface area (Å²) in [6.07, 6.45) is 10.8.